The monoisotopic (exact) mass is 288 g/mol. The minimum atomic E-state index is 1.16. The van der Waals surface area contributed by atoms with Gasteiger partial charge in [0.2, 0.25) is 0 Å². The predicted molar refractivity (Wildman–Crippen MR) is 88.5 cm³/mol. The van der Waals surface area contributed by atoms with E-state index in [1.807, 2.05) is 11.8 Å². The van der Waals surface area contributed by atoms with Gasteiger partial charge < -0.3 is 10.2 Å². The van der Waals surface area contributed by atoms with Gasteiger partial charge in [-0.25, -0.2) is 0 Å². The lowest BCUT2D eigenvalue weighted by Crippen LogP contribution is -2.20. The molecule has 0 fully saturated rings. The minimum absolute atomic E-state index is 1.16. The number of anilines is 5. The molecular formula is C18H12N2S. The maximum absolute atomic E-state index is 3.56. The average Bonchev–Trinajstić information content (AvgIpc) is 2.54. The first-order valence-corrected chi connectivity index (χ1v) is 7.79. The molecule has 2 aliphatic heterocycles. The van der Waals surface area contributed by atoms with E-state index in [0.717, 1.165) is 5.69 Å². The minimum Gasteiger partial charge on any atom is -0.352 e. The van der Waals surface area contributed by atoms with Crippen molar-refractivity contribution < 1.29 is 0 Å². The lowest BCUT2D eigenvalue weighted by molar-refractivity contribution is 1.15. The van der Waals surface area contributed by atoms with E-state index in [-0.39, 0.29) is 0 Å². The summed E-state index contributed by atoms with van der Waals surface area (Å²) in [6, 6.07) is 23.6. The highest BCUT2D eigenvalue weighted by atomic mass is 32.2. The molecule has 3 aromatic carbocycles. The van der Waals surface area contributed by atoms with Crippen molar-refractivity contribution in [2.24, 2.45) is 0 Å². The predicted octanol–water partition coefficient (Wildman–Crippen LogP) is 5.68. The van der Waals surface area contributed by atoms with Crippen LogP contribution >= 0.6 is 11.8 Å². The van der Waals surface area contributed by atoms with Crippen LogP contribution in [-0.2, 0) is 0 Å². The maximum atomic E-state index is 3.56. The van der Waals surface area contributed by atoms with E-state index >= 15 is 0 Å². The Labute approximate surface area is 127 Å². The number of para-hydroxylation sites is 4. The molecule has 0 aromatic heterocycles. The first-order valence-electron chi connectivity index (χ1n) is 6.98. The zero-order chi connectivity index (χ0) is 13.8. The van der Waals surface area contributed by atoms with Gasteiger partial charge in [-0.05, 0) is 36.4 Å². The summed E-state index contributed by atoms with van der Waals surface area (Å²) in [5, 5.41) is 3.56. The zero-order valence-corrected chi connectivity index (χ0v) is 12.0. The second kappa shape index (κ2) is 4.06. The topological polar surface area (TPSA) is 15.3 Å². The molecule has 0 spiro atoms. The average molecular weight is 288 g/mol. The molecule has 2 nitrogen and oxygen atoms in total. The number of rotatable bonds is 0. The van der Waals surface area contributed by atoms with E-state index in [2.05, 4.69) is 76.9 Å². The van der Waals surface area contributed by atoms with Gasteiger partial charge in [-0.1, -0.05) is 42.1 Å². The molecular weight excluding hydrogens is 276 g/mol. The van der Waals surface area contributed by atoms with Crippen molar-refractivity contribution >= 4 is 40.2 Å². The Kier molecular flexibility index (Phi) is 2.18. The molecule has 2 heterocycles. The molecule has 0 unspecified atom stereocenters. The summed E-state index contributed by atoms with van der Waals surface area (Å²) in [5.74, 6) is 0. The summed E-state index contributed by atoms with van der Waals surface area (Å²) in [4.78, 5) is 4.98. The van der Waals surface area contributed by atoms with Gasteiger partial charge in [-0.2, -0.15) is 0 Å². The van der Waals surface area contributed by atoms with Crippen LogP contribution < -0.4 is 10.2 Å². The number of benzene rings is 3. The molecule has 100 valence electrons. The van der Waals surface area contributed by atoms with Gasteiger partial charge in [-0.3, -0.25) is 0 Å². The molecule has 0 saturated heterocycles. The van der Waals surface area contributed by atoms with Crippen molar-refractivity contribution in [3.05, 3.63) is 66.7 Å². The smallest absolute Gasteiger partial charge is 0.0838 e. The summed E-state index contributed by atoms with van der Waals surface area (Å²) in [5.41, 5.74) is 6.07. The third-order valence-electron chi connectivity index (χ3n) is 3.96. The van der Waals surface area contributed by atoms with Crippen molar-refractivity contribution in [1.29, 1.82) is 0 Å². The van der Waals surface area contributed by atoms with Crippen molar-refractivity contribution in [1.82, 2.24) is 0 Å². The molecule has 3 heteroatoms. The highest BCUT2D eigenvalue weighted by molar-refractivity contribution is 7.99. The molecule has 2 aliphatic rings. The van der Waals surface area contributed by atoms with Crippen LogP contribution in [0.5, 0.6) is 0 Å². The van der Waals surface area contributed by atoms with Gasteiger partial charge in [0, 0.05) is 9.79 Å². The quantitative estimate of drug-likeness (QED) is 0.395. The molecule has 0 amide bonds. The van der Waals surface area contributed by atoms with E-state index in [4.69, 9.17) is 0 Å². The largest absolute Gasteiger partial charge is 0.352 e. The summed E-state index contributed by atoms with van der Waals surface area (Å²) in [6.07, 6.45) is 0. The standard InChI is InChI=1S/C18H12N2S/c1-2-8-14-12(6-1)19-13-7-5-11-17-18(13)20(14)15-9-3-4-10-16(15)21-17/h1-11,19H. The molecule has 5 rings (SSSR count). The molecule has 0 radical (unpaired) electrons. The maximum Gasteiger partial charge on any atom is 0.0838 e. The van der Waals surface area contributed by atoms with Crippen LogP contribution in [0.15, 0.2) is 76.5 Å². The third-order valence-corrected chi connectivity index (χ3v) is 5.08. The Bertz CT molecular complexity index is 805. The van der Waals surface area contributed by atoms with Crippen molar-refractivity contribution in [3.63, 3.8) is 0 Å². The Morgan fingerprint density at radius 1 is 0.667 bits per heavy atom. The second-order valence-electron chi connectivity index (χ2n) is 5.20. The van der Waals surface area contributed by atoms with Crippen LogP contribution in [-0.4, -0.2) is 0 Å². The van der Waals surface area contributed by atoms with Crippen LogP contribution in [0, 0.1) is 0 Å². The van der Waals surface area contributed by atoms with Gasteiger partial charge in [0.1, 0.15) is 0 Å². The SMILES string of the molecule is c1ccc2c(c1)Nc1cccc3c1N2c1ccccc1S3. The highest BCUT2D eigenvalue weighted by Crippen LogP contribution is 2.57. The molecule has 0 atom stereocenters. The molecule has 0 aliphatic carbocycles. The number of nitrogens with zero attached hydrogens (tertiary/aromatic N) is 1. The Morgan fingerprint density at radius 3 is 2.33 bits per heavy atom. The fourth-order valence-corrected chi connectivity index (χ4v) is 4.16. The lowest BCUT2D eigenvalue weighted by atomic mass is 10.1. The van der Waals surface area contributed by atoms with E-state index in [9.17, 15) is 0 Å². The van der Waals surface area contributed by atoms with E-state index < -0.39 is 0 Å². The Balaban J connectivity index is 1.88. The van der Waals surface area contributed by atoms with Crippen LogP contribution in [0.1, 0.15) is 0 Å². The van der Waals surface area contributed by atoms with Crippen LogP contribution in [0.3, 0.4) is 0 Å². The van der Waals surface area contributed by atoms with Gasteiger partial charge in [0.15, 0.2) is 0 Å². The fraction of sp³-hybridized carbons (Fsp3) is 0. The number of nitrogens with one attached hydrogen (secondary N) is 1. The lowest BCUT2D eigenvalue weighted by Gasteiger charge is -2.38. The van der Waals surface area contributed by atoms with Gasteiger partial charge >= 0.3 is 0 Å². The number of hydrogen-bond acceptors (Lipinski definition) is 3. The van der Waals surface area contributed by atoms with Gasteiger partial charge in [0.05, 0.1) is 28.4 Å². The highest BCUT2D eigenvalue weighted by Gasteiger charge is 2.31. The molecule has 3 aromatic rings. The van der Waals surface area contributed by atoms with Gasteiger partial charge in [0.25, 0.3) is 0 Å². The van der Waals surface area contributed by atoms with Crippen molar-refractivity contribution in [2.45, 2.75) is 9.79 Å². The normalized spacial score (nSPS) is 13.8. The number of fused-ring (bicyclic) bond motifs is 4. The summed E-state index contributed by atoms with van der Waals surface area (Å²) in [6.45, 7) is 0. The Hall–Kier alpha value is -2.39. The first kappa shape index (κ1) is 11.3. The zero-order valence-electron chi connectivity index (χ0n) is 11.2. The molecule has 21 heavy (non-hydrogen) atoms. The van der Waals surface area contributed by atoms with Crippen molar-refractivity contribution in [3.8, 4) is 0 Å². The van der Waals surface area contributed by atoms with Crippen LogP contribution in [0.25, 0.3) is 0 Å². The van der Waals surface area contributed by atoms with Crippen LogP contribution in [0.4, 0.5) is 28.4 Å². The van der Waals surface area contributed by atoms with E-state index in [1.165, 1.54) is 32.5 Å². The first-order chi connectivity index (χ1) is 10.4. The summed E-state index contributed by atoms with van der Waals surface area (Å²) >= 11 is 1.84. The third kappa shape index (κ3) is 1.49. The van der Waals surface area contributed by atoms with Crippen molar-refractivity contribution in [2.75, 3.05) is 10.2 Å². The Morgan fingerprint density at radius 2 is 1.38 bits per heavy atom. The second-order valence-corrected chi connectivity index (χ2v) is 6.28. The van der Waals surface area contributed by atoms with E-state index in [1.54, 1.807) is 0 Å². The molecule has 1 N–H and O–H groups in total. The summed E-state index contributed by atoms with van der Waals surface area (Å²) in [7, 11) is 0. The van der Waals surface area contributed by atoms with Gasteiger partial charge in [-0.15, -0.1) is 0 Å². The number of hydrogen-bond donors (Lipinski definition) is 1. The van der Waals surface area contributed by atoms with E-state index in [0.29, 0.717) is 0 Å². The molecule has 0 saturated carbocycles. The van der Waals surface area contributed by atoms with Crippen LogP contribution in [0.2, 0.25) is 0 Å². The molecule has 0 bridgehead atoms. The fourth-order valence-electron chi connectivity index (χ4n) is 3.07. The summed E-state index contributed by atoms with van der Waals surface area (Å²) < 4.78 is 0.